The third kappa shape index (κ3) is 2.62. The van der Waals surface area contributed by atoms with E-state index in [1.807, 2.05) is 0 Å². The van der Waals surface area contributed by atoms with Crippen LogP contribution in [-0.2, 0) is 23.2 Å². The summed E-state index contributed by atoms with van der Waals surface area (Å²) in [5.74, 6) is -0.481. The molecule has 0 saturated carbocycles. The van der Waals surface area contributed by atoms with E-state index in [0.717, 1.165) is 16.4 Å². The Bertz CT molecular complexity index is 846. The van der Waals surface area contributed by atoms with Gasteiger partial charge in [0, 0.05) is 13.2 Å². The number of hydrogen-bond donors (Lipinski definition) is 0. The maximum atomic E-state index is 13.1. The topological polar surface area (TPSA) is 64.4 Å². The van der Waals surface area contributed by atoms with Crippen molar-refractivity contribution in [1.29, 1.82) is 0 Å². The van der Waals surface area contributed by atoms with Crippen LogP contribution in [0.15, 0.2) is 35.7 Å². The van der Waals surface area contributed by atoms with Crippen molar-refractivity contribution in [2.24, 2.45) is 7.05 Å². The van der Waals surface area contributed by atoms with E-state index in [4.69, 9.17) is 4.74 Å². The molecular formula is C13H12F3N3O3S. The molecule has 6 nitrogen and oxygen atoms in total. The summed E-state index contributed by atoms with van der Waals surface area (Å²) in [6.07, 6.45) is -2.04. The molecule has 0 aliphatic carbocycles. The number of para-hydroxylation sites is 1. The summed E-state index contributed by atoms with van der Waals surface area (Å²) < 4.78 is 71.9. The van der Waals surface area contributed by atoms with Gasteiger partial charge in [-0.3, -0.25) is 4.31 Å². The number of rotatable bonds is 2. The molecule has 0 unspecified atom stereocenters. The second-order valence-electron chi connectivity index (χ2n) is 4.95. The maximum absolute atomic E-state index is 13.1. The molecule has 23 heavy (non-hydrogen) atoms. The van der Waals surface area contributed by atoms with Gasteiger partial charge in [-0.15, -0.1) is 0 Å². The van der Waals surface area contributed by atoms with Crippen LogP contribution in [0.4, 0.5) is 18.9 Å². The van der Waals surface area contributed by atoms with Gasteiger partial charge in [-0.05, 0) is 12.1 Å². The first-order valence-electron chi connectivity index (χ1n) is 6.55. The molecule has 0 spiro atoms. The standard InChI is InChI=1S/C13H12F3N3O3S/c1-18-7-11(17-8-18)23(20,21)19-5-6-22-12-9(13(14,15)16)3-2-4-10(12)19/h2-4,7-8H,5-6H2,1H3. The molecule has 1 aliphatic heterocycles. The van der Waals surface area contributed by atoms with Crippen molar-refractivity contribution in [2.45, 2.75) is 11.2 Å². The average molecular weight is 347 g/mol. The van der Waals surface area contributed by atoms with E-state index in [1.165, 1.54) is 23.2 Å². The lowest BCUT2D eigenvalue weighted by molar-refractivity contribution is -0.139. The van der Waals surface area contributed by atoms with Gasteiger partial charge in [0.1, 0.15) is 6.61 Å². The maximum Gasteiger partial charge on any atom is 0.420 e. The van der Waals surface area contributed by atoms with Crippen molar-refractivity contribution in [2.75, 3.05) is 17.5 Å². The Morgan fingerprint density at radius 1 is 1.30 bits per heavy atom. The first-order chi connectivity index (χ1) is 10.7. The third-order valence-corrected chi connectivity index (χ3v) is 5.04. The number of benzene rings is 1. The van der Waals surface area contributed by atoms with E-state index in [-0.39, 0.29) is 23.9 Å². The molecule has 0 radical (unpaired) electrons. The smallest absolute Gasteiger partial charge is 0.420 e. The number of aryl methyl sites for hydroxylation is 1. The zero-order chi connectivity index (χ0) is 16.8. The molecule has 10 heteroatoms. The Hall–Kier alpha value is -2.23. The number of imidazole rings is 1. The lowest BCUT2D eigenvalue weighted by Gasteiger charge is -2.31. The van der Waals surface area contributed by atoms with Crippen molar-refractivity contribution in [3.05, 3.63) is 36.3 Å². The van der Waals surface area contributed by atoms with Crippen LogP contribution in [0.2, 0.25) is 0 Å². The number of alkyl halides is 3. The van der Waals surface area contributed by atoms with Crippen molar-refractivity contribution < 1.29 is 26.3 Å². The Labute approximate surface area is 130 Å². The van der Waals surface area contributed by atoms with Gasteiger partial charge in [-0.2, -0.15) is 21.6 Å². The zero-order valence-corrected chi connectivity index (χ0v) is 12.7. The van der Waals surface area contributed by atoms with Crippen LogP contribution in [0.5, 0.6) is 5.75 Å². The van der Waals surface area contributed by atoms with Gasteiger partial charge in [0.25, 0.3) is 10.0 Å². The van der Waals surface area contributed by atoms with Gasteiger partial charge in [0.15, 0.2) is 10.8 Å². The Balaban J connectivity index is 2.13. The predicted octanol–water partition coefficient (Wildman–Crippen LogP) is 2.03. The van der Waals surface area contributed by atoms with Gasteiger partial charge in [-0.1, -0.05) is 6.07 Å². The summed E-state index contributed by atoms with van der Waals surface area (Å²) >= 11 is 0. The predicted molar refractivity (Wildman–Crippen MR) is 74.7 cm³/mol. The van der Waals surface area contributed by atoms with E-state index in [2.05, 4.69) is 4.98 Å². The molecule has 3 rings (SSSR count). The highest BCUT2D eigenvalue weighted by molar-refractivity contribution is 7.92. The molecule has 2 heterocycles. The fourth-order valence-electron chi connectivity index (χ4n) is 2.33. The van der Waals surface area contributed by atoms with Gasteiger partial charge >= 0.3 is 6.18 Å². The van der Waals surface area contributed by atoms with Crippen molar-refractivity contribution in [3.63, 3.8) is 0 Å². The number of anilines is 1. The second-order valence-corrected chi connectivity index (χ2v) is 6.76. The molecule has 2 aromatic rings. The Morgan fingerprint density at radius 3 is 2.65 bits per heavy atom. The van der Waals surface area contributed by atoms with Crippen LogP contribution in [0.3, 0.4) is 0 Å². The fraction of sp³-hybridized carbons (Fsp3) is 0.308. The minimum absolute atomic E-state index is 0.0901. The Morgan fingerprint density at radius 2 is 2.04 bits per heavy atom. The Kier molecular flexibility index (Phi) is 3.51. The summed E-state index contributed by atoms with van der Waals surface area (Å²) in [4.78, 5) is 3.78. The SMILES string of the molecule is Cn1cnc(S(=O)(=O)N2CCOc3c2cccc3C(F)(F)F)c1. The molecule has 0 atom stereocenters. The van der Waals surface area contributed by atoms with E-state index in [1.54, 1.807) is 7.05 Å². The highest BCUT2D eigenvalue weighted by Gasteiger charge is 2.40. The molecule has 1 aliphatic rings. The summed E-state index contributed by atoms with van der Waals surface area (Å²) in [5, 5.41) is -0.231. The van der Waals surface area contributed by atoms with Crippen molar-refractivity contribution in [1.82, 2.24) is 9.55 Å². The largest absolute Gasteiger partial charge is 0.489 e. The molecule has 1 aromatic heterocycles. The number of aromatic nitrogens is 2. The minimum Gasteiger partial charge on any atom is -0.489 e. The lowest BCUT2D eigenvalue weighted by atomic mass is 10.1. The first-order valence-corrected chi connectivity index (χ1v) is 7.99. The van der Waals surface area contributed by atoms with Gasteiger partial charge in [0.2, 0.25) is 0 Å². The molecule has 0 amide bonds. The van der Waals surface area contributed by atoms with Gasteiger partial charge in [-0.25, -0.2) is 4.98 Å². The van der Waals surface area contributed by atoms with Gasteiger partial charge < -0.3 is 9.30 Å². The number of fused-ring (bicyclic) bond motifs is 1. The molecule has 124 valence electrons. The first kappa shape index (κ1) is 15.7. The van der Waals surface area contributed by atoms with Crippen LogP contribution < -0.4 is 9.04 Å². The normalized spacial score (nSPS) is 15.2. The number of nitrogens with zero attached hydrogens (tertiary/aromatic N) is 3. The highest BCUT2D eigenvalue weighted by Crippen LogP contribution is 2.44. The zero-order valence-electron chi connectivity index (χ0n) is 11.9. The lowest BCUT2D eigenvalue weighted by Crippen LogP contribution is -2.38. The van der Waals surface area contributed by atoms with E-state index >= 15 is 0 Å². The van der Waals surface area contributed by atoms with Crippen molar-refractivity contribution in [3.8, 4) is 5.75 Å². The highest BCUT2D eigenvalue weighted by atomic mass is 32.2. The van der Waals surface area contributed by atoms with Crippen LogP contribution in [0, 0.1) is 0 Å². The van der Waals surface area contributed by atoms with Crippen LogP contribution in [0.1, 0.15) is 5.56 Å². The van der Waals surface area contributed by atoms with E-state index < -0.39 is 27.5 Å². The molecule has 1 aromatic carbocycles. The summed E-state index contributed by atoms with van der Waals surface area (Å²) in [6, 6.07) is 3.29. The second kappa shape index (κ2) is 5.15. The van der Waals surface area contributed by atoms with E-state index in [0.29, 0.717) is 0 Å². The summed E-state index contributed by atoms with van der Waals surface area (Å²) in [7, 11) is -2.46. The van der Waals surface area contributed by atoms with E-state index in [9.17, 15) is 21.6 Å². The molecule has 0 N–H and O–H groups in total. The molecule has 0 fully saturated rings. The van der Waals surface area contributed by atoms with Gasteiger partial charge in [0.05, 0.1) is 24.1 Å². The van der Waals surface area contributed by atoms with Crippen LogP contribution in [0.25, 0.3) is 0 Å². The molecule has 0 saturated heterocycles. The minimum atomic E-state index is -4.64. The number of ether oxygens (including phenoxy) is 1. The quantitative estimate of drug-likeness (QED) is 0.834. The summed E-state index contributed by atoms with van der Waals surface area (Å²) in [5.41, 5.74) is -1.15. The monoisotopic (exact) mass is 347 g/mol. The number of sulfonamides is 1. The van der Waals surface area contributed by atoms with Crippen LogP contribution in [-0.4, -0.2) is 31.1 Å². The summed E-state index contributed by atoms with van der Waals surface area (Å²) in [6.45, 7) is -0.265. The van der Waals surface area contributed by atoms with Crippen molar-refractivity contribution >= 4 is 15.7 Å². The number of hydrogen-bond acceptors (Lipinski definition) is 4. The van der Waals surface area contributed by atoms with Crippen LogP contribution >= 0.6 is 0 Å². The third-order valence-electron chi connectivity index (χ3n) is 3.34. The molecular weight excluding hydrogens is 335 g/mol. The fourth-order valence-corrected chi connectivity index (χ4v) is 3.76. The average Bonchev–Trinajstić information content (AvgIpc) is 2.92. The number of halogens is 3. The molecule has 0 bridgehead atoms.